The Kier molecular flexibility index (Phi) is 9.07. The Morgan fingerprint density at radius 3 is 2.27 bits per heavy atom. The third-order valence-electron chi connectivity index (χ3n) is 7.48. The lowest BCUT2D eigenvalue weighted by molar-refractivity contribution is -0.153. The van der Waals surface area contributed by atoms with Gasteiger partial charge in [0.05, 0.1) is 16.5 Å². The van der Waals surface area contributed by atoms with E-state index in [2.05, 4.69) is 0 Å². The number of Topliss-reactive ketones (excluding diaryl/α,β-unsaturated/α-hetero) is 1. The predicted molar refractivity (Wildman–Crippen MR) is 155 cm³/mol. The fourth-order valence-corrected chi connectivity index (χ4v) is 5.69. The maximum Gasteiger partial charge on any atom is 0.326 e. The molecule has 0 bridgehead atoms. The van der Waals surface area contributed by atoms with Crippen molar-refractivity contribution in [3.05, 3.63) is 63.9 Å². The van der Waals surface area contributed by atoms with E-state index in [4.69, 9.17) is 16.3 Å². The lowest BCUT2D eigenvalue weighted by Crippen LogP contribution is -2.39. The molecule has 220 valence electrons. The standard InChI is InChI=1S/C31H37ClFN3O5/c1-31(2,3)41-27(37)18-36-17-24(28(38)30(40)34(4)5)22-15-23(25(32)16-26(22)36)29(39)35-12-10-20(11-13-35)14-19-6-8-21(33)9-7-19/h6-9,15-16,20,24H,10-14,17-18H2,1-5H3. The molecule has 2 aromatic rings. The molecule has 2 aliphatic rings. The van der Waals surface area contributed by atoms with Gasteiger partial charge in [0.25, 0.3) is 11.8 Å². The van der Waals surface area contributed by atoms with Crippen LogP contribution in [0.4, 0.5) is 10.1 Å². The van der Waals surface area contributed by atoms with Gasteiger partial charge in [0.15, 0.2) is 0 Å². The van der Waals surface area contributed by atoms with Crippen molar-refractivity contribution >= 4 is 40.9 Å². The zero-order valence-corrected chi connectivity index (χ0v) is 25.0. The quantitative estimate of drug-likeness (QED) is 0.352. The van der Waals surface area contributed by atoms with E-state index in [9.17, 15) is 23.6 Å². The number of piperidine rings is 1. The van der Waals surface area contributed by atoms with E-state index in [0.717, 1.165) is 24.8 Å². The number of carbonyl (C=O) groups is 4. The summed E-state index contributed by atoms with van der Waals surface area (Å²) in [5.41, 5.74) is 1.66. The summed E-state index contributed by atoms with van der Waals surface area (Å²) in [4.78, 5) is 56.7. The number of anilines is 1. The zero-order chi connectivity index (χ0) is 30.1. The molecule has 2 aromatic carbocycles. The second kappa shape index (κ2) is 12.2. The van der Waals surface area contributed by atoms with Gasteiger partial charge >= 0.3 is 5.97 Å². The number of hydrogen-bond donors (Lipinski definition) is 0. The van der Waals surface area contributed by atoms with Crippen LogP contribution in [0.1, 0.15) is 61.0 Å². The molecule has 2 aliphatic heterocycles. The summed E-state index contributed by atoms with van der Waals surface area (Å²) in [7, 11) is 3.01. The van der Waals surface area contributed by atoms with Crippen molar-refractivity contribution in [2.24, 2.45) is 5.92 Å². The molecule has 0 saturated carbocycles. The van der Waals surface area contributed by atoms with Crippen LogP contribution >= 0.6 is 11.6 Å². The molecule has 1 fully saturated rings. The van der Waals surface area contributed by atoms with Gasteiger partial charge in [0.2, 0.25) is 5.78 Å². The molecule has 0 spiro atoms. The first kappa shape index (κ1) is 30.5. The second-order valence-electron chi connectivity index (χ2n) is 12.0. The molecule has 1 saturated heterocycles. The highest BCUT2D eigenvalue weighted by Gasteiger charge is 2.40. The Bertz CT molecular complexity index is 1330. The van der Waals surface area contributed by atoms with Gasteiger partial charge in [-0.1, -0.05) is 23.7 Å². The van der Waals surface area contributed by atoms with Gasteiger partial charge in [0.1, 0.15) is 18.0 Å². The molecule has 8 nitrogen and oxygen atoms in total. The summed E-state index contributed by atoms with van der Waals surface area (Å²) in [6, 6.07) is 9.71. The normalized spacial score (nSPS) is 17.3. The highest BCUT2D eigenvalue weighted by molar-refractivity contribution is 6.39. The van der Waals surface area contributed by atoms with Crippen molar-refractivity contribution in [2.45, 2.75) is 51.6 Å². The van der Waals surface area contributed by atoms with E-state index in [1.54, 1.807) is 54.8 Å². The highest BCUT2D eigenvalue weighted by Crippen LogP contribution is 2.41. The van der Waals surface area contributed by atoms with Crippen molar-refractivity contribution in [1.82, 2.24) is 9.80 Å². The molecule has 10 heteroatoms. The van der Waals surface area contributed by atoms with Crippen LogP contribution in [0, 0.1) is 11.7 Å². The molecule has 2 heterocycles. The molecule has 1 atom stereocenters. The summed E-state index contributed by atoms with van der Waals surface area (Å²) in [6.45, 7) is 6.36. The highest BCUT2D eigenvalue weighted by atomic mass is 35.5. The van der Waals surface area contributed by atoms with E-state index in [1.165, 1.54) is 31.1 Å². The Morgan fingerprint density at radius 2 is 1.68 bits per heavy atom. The van der Waals surface area contributed by atoms with E-state index in [0.29, 0.717) is 30.3 Å². The van der Waals surface area contributed by atoms with Gasteiger partial charge in [-0.05, 0) is 81.3 Å². The van der Waals surface area contributed by atoms with Gasteiger partial charge in [-0.25, -0.2) is 4.39 Å². The first-order valence-electron chi connectivity index (χ1n) is 13.8. The number of amides is 2. The van der Waals surface area contributed by atoms with Crippen LogP contribution in [-0.2, 0) is 25.5 Å². The van der Waals surface area contributed by atoms with E-state index < -0.39 is 29.2 Å². The summed E-state index contributed by atoms with van der Waals surface area (Å²) in [6.07, 6.45) is 2.42. The topological polar surface area (TPSA) is 87.2 Å². The van der Waals surface area contributed by atoms with Gasteiger partial charge < -0.3 is 19.4 Å². The van der Waals surface area contributed by atoms with Crippen LogP contribution in [-0.4, -0.2) is 79.2 Å². The molecule has 41 heavy (non-hydrogen) atoms. The molecule has 0 aliphatic carbocycles. The largest absolute Gasteiger partial charge is 0.459 e. The number of hydrogen-bond acceptors (Lipinski definition) is 6. The van der Waals surface area contributed by atoms with Gasteiger partial charge in [-0.15, -0.1) is 0 Å². The van der Waals surface area contributed by atoms with Crippen LogP contribution in [0.5, 0.6) is 0 Å². The minimum Gasteiger partial charge on any atom is -0.459 e. The number of likely N-dealkylation sites (N-methyl/N-ethyl adjacent to an activating group) is 1. The summed E-state index contributed by atoms with van der Waals surface area (Å²) >= 11 is 6.64. The van der Waals surface area contributed by atoms with Crippen molar-refractivity contribution in [2.75, 3.05) is 45.2 Å². The van der Waals surface area contributed by atoms with Gasteiger partial charge in [0, 0.05) is 39.4 Å². The average molecular weight is 586 g/mol. The van der Waals surface area contributed by atoms with E-state index >= 15 is 0 Å². The minimum atomic E-state index is -0.854. The Hall–Kier alpha value is -3.46. The Balaban J connectivity index is 1.54. The number of esters is 1. The SMILES string of the molecule is CN(C)C(=O)C(=O)C1CN(CC(=O)OC(C)(C)C)c2cc(Cl)c(C(=O)N3CCC(Cc4ccc(F)cc4)CC3)cc21. The number of rotatable bonds is 7. The Labute approximate surface area is 245 Å². The van der Waals surface area contributed by atoms with Crippen molar-refractivity contribution in [1.29, 1.82) is 0 Å². The first-order chi connectivity index (χ1) is 19.2. The maximum atomic E-state index is 13.6. The molecule has 0 aromatic heterocycles. The second-order valence-corrected chi connectivity index (χ2v) is 12.4. The molecule has 0 N–H and O–H groups in total. The summed E-state index contributed by atoms with van der Waals surface area (Å²) < 4.78 is 18.7. The zero-order valence-electron chi connectivity index (χ0n) is 24.2. The van der Waals surface area contributed by atoms with E-state index in [-0.39, 0.29) is 35.4 Å². The molecular weight excluding hydrogens is 549 g/mol. The van der Waals surface area contributed by atoms with Crippen molar-refractivity contribution in [3.63, 3.8) is 0 Å². The minimum absolute atomic E-state index is 0.0930. The average Bonchev–Trinajstić information content (AvgIpc) is 3.24. The van der Waals surface area contributed by atoms with Crippen LogP contribution in [0.3, 0.4) is 0 Å². The lowest BCUT2D eigenvalue weighted by atomic mass is 9.89. The monoisotopic (exact) mass is 585 g/mol. The maximum absolute atomic E-state index is 13.6. The molecule has 0 radical (unpaired) electrons. The number of nitrogens with zero attached hydrogens (tertiary/aromatic N) is 3. The summed E-state index contributed by atoms with van der Waals surface area (Å²) in [5, 5.41) is 0.211. The predicted octanol–water partition coefficient (Wildman–Crippen LogP) is 4.48. The number of carbonyl (C=O) groups excluding carboxylic acids is 4. The summed E-state index contributed by atoms with van der Waals surface area (Å²) in [5.74, 6) is -2.74. The Morgan fingerprint density at radius 1 is 1.05 bits per heavy atom. The first-order valence-corrected chi connectivity index (χ1v) is 14.2. The molecule has 4 rings (SSSR count). The van der Waals surface area contributed by atoms with Gasteiger partial charge in [-0.3, -0.25) is 19.2 Å². The number of ether oxygens (including phenoxy) is 1. The lowest BCUT2D eigenvalue weighted by Gasteiger charge is -2.32. The van der Waals surface area contributed by atoms with Crippen molar-refractivity contribution < 1.29 is 28.3 Å². The number of ketones is 1. The molecule has 1 unspecified atom stereocenters. The fourth-order valence-electron chi connectivity index (χ4n) is 5.45. The number of benzene rings is 2. The third-order valence-corrected chi connectivity index (χ3v) is 7.79. The van der Waals surface area contributed by atoms with Crippen LogP contribution in [0.15, 0.2) is 36.4 Å². The van der Waals surface area contributed by atoms with Crippen molar-refractivity contribution in [3.8, 4) is 0 Å². The number of halogens is 2. The van der Waals surface area contributed by atoms with Gasteiger partial charge in [-0.2, -0.15) is 0 Å². The fraction of sp³-hybridized carbons (Fsp3) is 0.484. The van der Waals surface area contributed by atoms with Crippen LogP contribution < -0.4 is 4.90 Å². The molecule has 2 amide bonds. The van der Waals surface area contributed by atoms with Crippen LogP contribution in [0.25, 0.3) is 0 Å². The smallest absolute Gasteiger partial charge is 0.326 e. The third kappa shape index (κ3) is 7.25. The number of likely N-dealkylation sites (tertiary alicyclic amines) is 1. The van der Waals surface area contributed by atoms with E-state index in [1.807, 2.05) is 0 Å². The van der Waals surface area contributed by atoms with Crippen LogP contribution in [0.2, 0.25) is 5.02 Å². The molecular formula is C31H37ClFN3O5. The number of fused-ring (bicyclic) bond motifs is 1.